The van der Waals surface area contributed by atoms with E-state index in [0.29, 0.717) is 12.0 Å². The lowest BCUT2D eigenvalue weighted by molar-refractivity contribution is 0.0946. The van der Waals surface area contributed by atoms with E-state index in [0.717, 1.165) is 5.56 Å². The number of carbonyl (C=O) groups is 1. The maximum atomic E-state index is 12.3. The highest BCUT2D eigenvalue weighted by Gasteiger charge is 2.17. The molecule has 1 unspecified atom stereocenters. The third-order valence-corrected chi connectivity index (χ3v) is 5.10. The van der Waals surface area contributed by atoms with Crippen molar-refractivity contribution in [1.82, 2.24) is 10.3 Å². The summed E-state index contributed by atoms with van der Waals surface area (Å²) in [5, 5.41) is 17.0. The van der Waals surface area contributed by atoms with Gasteiger partial charge in [-0.25, -0.2) is 18.5 Å². The number of hydrogen-bond acceptors (Lipinski definition) is 7. The van der Waals surface area contributed by atoms with Crippen LogP contribution >= 0.6 is 0 Å². The average molecular weight is 416 g/mol. The van der Waals surface area contributed by atoms with Gasteiger partial charge in [0.1, 0.15) is 12.0 Å². The topological polar surface area (TPSA) is 162 Å². The molecule has 0 fully saturated rings. The first-order chi connectivity index (χ1) is 13.7. The number of hydrogen-bond donors (Lipinski definition) is 4. The van der Waals surface area contributed by atoms with Gasteiger partial charge in [0.2, 0.25) is 15.9 Å². The molecular weight excluding hydrogens is 396 g/mol. The fourth-order valence-electron chi connectivity index (χ4n) is 2.61. The number of carbonyl (C=O) groups excluding carboxylic acids is 1. The van der Waals surface area contributed by atoms with Crippen molar-refractivity contribution in [2.24, 2.45) is 10.9 Å². The molecule has 1 aromatic heterocycles. The number of rotatable bonds is 7. The molecule has 0 radical (unpaired) electrons. The van der Waals surface area contributed by atoms with Gasteiger partial charge in [-0.3, -0.25) is 4.79 Å². The Morgan fingerprint density at radius 2 is 1.72 bits per heavy atom. The van der Waals surface area contributed by atoms with Crippen molar-refractivity contribution in [3.63, 3.8) is 0 Å². The molecule has 0 aliphatic carbocycles. The Morgan fingerprint density at radius 1 is 1.10 bits per heavy atom. The summed E-state index contributed by atoms with van der Waals surface area (Å²) >= 11 is 0. The molecule has 0 spiro atoms. The predicted octanol–water partition coefficient (Wildman–Crippen LogP) is 1.20. The van der Waals surface area contributed by atoms with Crippen molar-refractivity contribution in [3.05, 3.63) is 77.5 Å². The maximum absolute atomic E-state index is 12.3. The van der Waals surface area contributed by atoms with Crippen LogP contribution in [0.5, 0.6) is 5.75 Å². The minimum Gasteiger partial charge on any atom is -0.508 e. The zero-order valence-electron chi connectivity index (χ0n) is 15.3. The number of nitrogens with zero attached hydrogens (tertiary/aromatic N) is 1. The van der Waals surface area contributed by atoms with E-state index >= 15 is 0 Å². The molecule has 3 aromatic rings. The monoisotopic (exact) mass is 416 g/mol. The first kappa shape index (κ1) is 20.5. The molecule has 1 atom stereocenters. The molecule has 1 heterocycles. The number of nitrogens with one attached hydrogen (secondary N) is 1. The number of oxazole rings is 1. The second kappa shape index (κ2) is 8.43. The number of aromatic nitrogens is 1. The highest BCUT2D eigenvalue weighted by molar-refractivity contribution is 7.89. The van der Waals surface area contributed by atoms with Gasteiger partial charge in [-0.15, -0.1) is 0 Å². The van der Waals surface area contributed by atoms with Crippen LogP contribution in [0, 0.1) is 0 Å². The van der Waals surface area contributed by atoms with E-state index in [4.69, 9.17) is 15.3 Å². The third kappa shape index (κ3) is 5.41. The Balaban J connectivity index is 1.58. The molecule has 0 saturated heterocycles. The van der Waals surface area contributed by atoms with Crippen LogP contribution in [-0.4, -0.2) is 24.4 Å². The van der Waals surface area contributed by atoms with E-state index in [9.17, 15) is 18.3 Å². The Bertz CT molecular complexity index is 1090. The van der Waals surface area contributed by atoms with Crippen LogP contribution in [0.1, 0.15) is 33.5 Å². The lowest BCUT2D eigenvalue weighted by Gasteiger charge is -2.07. The molecule has 6 N–H and O–H groups in total. The Hall–Kier alpha value is -3.21. The number of nitrogens with two attached hydrogens (primary N) is 2. The molecule has 0 aliphatic heterocycles. The molecule has 1 amide bonds. The van der Waals surface area contributed by atoms with Gasteiger partial charge in [-0.1, -0.05) is 24.3 Å². The average Bonchev–Trinajstić information content (AvgIpc) is 3.18. The molecule has 0 saturated carbocycles. The van der Waals surface area contributed by atoms with E-state index in [1.54, 1.807) is 36.4 Å². The Labute approximate surface area is 167 Å². The maximum Gasteiger partial charge on any atom is 0.273 e. The Kier molecular flexibility index (Phi) is 5.97. The summed E-state index contributed by atoms with van der Waals surface area (Å²) in [6.45, 7) is 0.172. The number of sulfonamides is 1. The summed E-state index contributed by atoms with van der Waals surface area (Å²) in [5.74, 6) is -0.0650. The van der Waals surface area contributed by atoms with Gasteiger partial charge in [-0.2, -0.15) is 0 Å². The summed E-state index contributed by atoms with van der Waals surface area (Å²) in [5.41, 5.74) is 7.75. The SMILES string of the molecule is NC(Cc1ccc(O)cc1)c1nc(C(=O)NCc2ccc(S(N)(=O)=O)cc2)co1. The van der Waals surface area contributed by atoms with Gasteiger partial charge >= 0.3 is 0 Å². The highest BCUT2D eigenvalue weighted by Crippen LogP contribution is 2.18. The van der Waals surface area contributed by atoms with Crippen molar-refractivity contribution in [1.29, 1.82) is 0 Å². The van der Waals surface area contributed by atoms with Gasteiger partial charge in [0.25, 0.3) is 5.91 Å². The number of phenolic OH excluding ortho intramolecular Hbond substituents is 1. The van der Waals surface area contributed by atoms with Gasteiger partial charge in [0.15, 0.2) is 5.69 Å². The molecule has 10 heteroatoms. The van der Waals surface area contributed by atoms with Gasteiger partial charge < -0.3 is 20.6 Å². The quantitative estimate of drug-likeness (QED) is 0.450. The molecule has 152 valence electrons. The summed E-state index contributed by atoms with van der Waals surface area (Å²) in [6.07, 6.45) is 1.66. The lowest BCUT2D eigenvalue weighted by atomic mass is 10.1. The fourth-order valence-corrected chi connectivity index (χ4v) is 3.12. The van der Waals surface area contributed by atoms with Crippen LogP contribution in [0.4, 0.5) is 0 Å². The van der Waals surface area contributed by atoms with Crippen molar-refractivity contribution < 1.29 is 22.7 Å². The largest absolute Gasteiger partial charge is 0.508 e. The van der Waals surface area contributed by atoms with E-state index in [-0.39, 0.29) is 28.8 Å². The van der Waals surface area contributed by atoms with Gasteiger partial charge in [0.05, 0.1) is 10.9 Å². The first-order valence-electron chi connectivity index (χ1n) is 8.61. The molecule has 2 aromatic carbocycles. The lowest BCUT2D eigenvalue weighted by Crippen LogP contribution is -2.23. The number of amides is 1. The number of aromatic hydroxyl groups is 1. The van der Waals surface area contributed by atoms with E-state index in [1.807, 2.05) is 0 Å². The molecule has 0 bridgehead atoms. The molecular formula is C19H20N4O5S. The van der Waals surface area contributed by atoms with Crippen LogP contribution < -0.4 is 16.2 Å². The normalized spacial score (nSPS) is 12.5. The number of benzene rings is 2. The zero-order chi connectivity index (χ0) is 21.0. The third-order valence-electron chi connectivity index (χ3n) is 4.17. The van der Waals surface area contributed by atoms with Crippen LogP contribution in [0.15, 0.2) is 64.1 Å². The van der Waals surface area contributed by atoms with Crippen LogP contribution in [-0.2, 0) is 23.0 Å². The second-order valence-electron chi connectivity index (χ2n) is 6.42. The van der Waals surface area contributed by atoms with Crippen LogP contribution in [0.25, 0.3) is 0 Å². The van der Waals surface area contributed by atoms with Crippen molar-refractivity contribution in [2.45, 2.75) is 23.9 Å². The van der Waals surface area contributed by atoms with E-state index in [2.05, 4.69) is 10.3 Å². The van der Waals surface area contributed by atoms with Gasteiger partial charge in [-0.05, 0) is 41.8 Å². The van der Waals surface area contributed by atoms with Crippen molar-refractivity contribution in [3.8, 4) is 5.75 Å². The van der Waals surface area contributed by atoms with Crippen LogP contribution in [0.3, 0.4) is 0 Å². The molecule has 3 rings (SSSR count). The zero-order valence-corrected chi connectivity index (χ0v) is 16.1. The highest BCUT2D eigenvalue weighted by atomic mass is 32.2. The number of primary sulfonamides is 1. The van der Waals surface area contributed by atoms with Gasteiger partial charge in [0, 0.05) is 6.54 Å². The number of phenols is 1. The smallest absolute Gasteiger partial charge is 0.273 e. The van der Waals surface area contributed by atoms with E-state index in [1.165, 1.54) is 18.4 Å². The van der Waals surface area contributed by atoms with Crippen LogP contribution in [0.2, 0.25) is 0 Å². The second-order valence-corrected chi connectivity index (χ2v) is 7.98. The molecule has 9 nitrogen and oxygen atoms in total. The molecule has 29 heavy (non-hydrogen) atoms. The standard InChI is InChI=1S/C19H20N4O5S/c20-16(9-12-1-5-14(24)6-2-12)19-23-17(11-28-19)18(25)22-10-13-3-7-15(8-4-13)29(21,26)27/h1-8,11,16,24H,9-10,20H2,(H,22,25)(H2,21,26,27). The van der Waals surface area contributed by atoms with E-state index < -0.39 is 22.0 Å². The summed E-state index contributed by atoms with van der Waals surface area (Å²) in [6, 6.07) is 11.9. The Morgan fingerprint density at radius 3 is 2.34 bits per heavy atom. The van der Waals surface area contributed by atoms with Crippen molar-refractivity contribution in [2.75, 3.05) is 0 Å². The van der Waals surface area contributed by atoms with Crippen molar-refractivity contribution >= 4 is 15.9 Å². The fraction of sp³-hybridized carbons (Fsp3) is 0.158. The predicted molar refractivity (Wildman–Crippen MR) is 104 cm³/mol. The minimum absolute atomic E-state index is 0.00339. The summed E-state index contributed by atoms with van der Waals surface area (Å²) < 4.78 is 27.8. The minimum atomic E-state index is -3.76. The summed E-state index contributed by atoms with van der Waals surface area (Å²) in [7, 11) is -3.76. The molecule has 0 aliphatic rings. The summed E-state index contributed by atoms with van der Waals surface area (Å²) in [4.78, 5) is 16.4. The first-order valence-corrected chi connectivity index (χ1v) is 10.2.